The largest absolute Gasteiger partial charge is 0.398 e. The van der Waals surface area contributed by atoms with Crippen LogP contribution in [0.5, 0.6) is 0 Å². The number of piperazine rings is 2. The molecule has 4 fully saturated rings. The Labute approximate surface area is 364 Å². The van der Waals surface area contributed by atoms with E-state index in [4.69, 9.17) is 38.4 Å². The molecule has 3 amide bonds. The number of halogens is 4. The molecule has 15 heteroatoms. The van der Waals surface area contributed by atoms with Crippen LogP contribution in [0.25, 0.3) is 12.2 Å². The van der Waals surface area contributed by atoms with E-state index in [9.17, 15) is 23.2 Å². The van der Waals surface area contributed by atoms with Crippen molar-refractivity contribution in [1.82, 2.24) is 19.6 Å². The van der Waals surface area contributed by atoms with E-state index < -0.39 is 0 Å². The molecule has 0 saturated carbocycles. The molecule has 0 radical (unpaired) electrons. The van der Waals surface area contributed by atoms with Crippen LogP contribution < -0.4 is 11.1 Å². The number of nitrogens with two attached hydrogens (primary N) is 1. The molecular formula is C46H48Cl2F2N6O5. The van der Waals surface area contributed by atoms with Gasteiger partial charge in [0.05, 0.1) is 50.6 Å². The maximum absolute atomic E-state index is 13.2. The zero-order chi connectivity index (χ0) is 43.0. The van der Waals surface area contributed by atoms with Crippen molar-refractivity contribution in [3.05, 3.63) is 141 Å². The van der Waals surface area contributed by atoms with Gasteiger partial charge in [-0.15, -0.1) is 0 Å². The Morgan fingerprint density at radius 1 is 0.656 bits per heavy atom. The van der Waals surface area contributed by atoms with Gasteiger partial charge in [-0.3, -0.25) is 24.2 Å². The minimum atomic E-state index is -0.248. The molecule has 320 valence electrons. The van der Waals surface area contributed by atoms with E-state index in [1.165, 1.54) is 37.3 Å². The van der Waals surface area contributed by atoms with Crippen LogP contribution in [0.1, 0.15) is 29.2 Å². The van der Waals surface area contributed by atoms with Crippen molar-refractivity contribution in [2.75, 3.05) is 63.7 Å². The first-order valence-electron chi connectivity index (χ1n) is 20.1. The lowest BCUT2D eigenvalue weighted by atomic mass is 10.0. The third kappa shape index (κ3) is 11.6. The molecule has 3 N–H and O–H groups in total. The summed E-state index contributed by atoms with van der Waals surface area (Å²) in [4.78, 5) is 45.6. The van der Waals surface area contributed by atoms with E-state index in [0.717, 1.165) is 23.2 Å². The predicted octanol–water partition coefficient (Wildman–Crippen LogP) is 6.75. The smallest absolute Gasteiger partial charge is 0.246 e. The van der Waals surface area contributed by atoms with Gasteiger partial charge in [-0.05, 0) is 82.9 Å². The number of ether oxygens (including phenoxy) is 2. The average Bonchev–Trinajstić information content (AvgIpc) is 3.21. The molecule has 0 aliphatic carbocycles. The Balaban J connectivity index is 0.000000185. The van der Waals surface area contributed by atoms with E-state index in [1.54, 1.807) is 66.8 Å². The van der Waals surface area contributed by atoms with Gasteiger partial charge >= 0.3 is 0 Å². The summed E-state index contributed by atoms with van der Waals surface area (Å²) in [5, 5.41) is 3.80. The van der Waals surface area contributed by atoms with Crippen LogP contribution in [-0.4, -0.2) is 114 Å². The second kappa shape index (κ2) is 20.1. The minimum absolute atomic E-state index is 0.0438. The number of nitrogen functional groups attached to an aromatic ring is 1. The third-order valence-corrected chi connectivity index (χ3v) is 11.7. The van der Waals surface area contributed by atoms with Crippen molar-refractivity contribution in [3.63, 3.8) is 0 Å². The highest BCUT2D eigenvalue weighted by molar-refractivity contribution is 6.31. The Morgan fingerprint density at radius 3 is 1.49 bits per heavy atom. The first-order valence-corrected chi connectivity index (χ1v) is 20.9. The molecule has 4 aliphatic heterocycles. The Bertz CT molecular complexity index is 2230. The predicted molar refractivity (Wildman–Crippen MR) is 234 cm³/mol. The van der Waals surface area contributed by atoms with Crippen molar-refractivity contribution < 1.29 is 32.6 Å². The van der Waals surface area contributed by atoms with Gasteiger partial charge in [0.1, 0.15) is 11.6 Å². The van der Waals surface area contributed by atoms with Crippen LogP contribution in [0.3, 0.4) is 0 Å². The number of carbonyl (C=O) groups is 3. The number of amides is 3. The van der Waals surface area contributed by atoms with Crippen LogP contribution in [0.2, 0.25) is 10.0 Å². The molecule has 4 aliphatic rings. The van der Waals surface area contributed by atoms with Gasteiger partial charge in [-0.2, -0.15) is 0 Å². The molecule has 4 saturated heterocycles. The number of hydrogen-bond donors (Lipinski definition) is 2. The van der Waals surface area contributed by atoms with Crippen LogP contribution >= 0.6 is 23.2 Å². The second-order valence-corrected chi connectivity index (χ2v) is 16.5. The highest BCUT2D eigenvalue weighted by Crippen LogP contribution is 2.27. The quantitative estimate of drug-likeness (QED) is 0.140. The lowest BCUT2D eigenvalue weighted by molar-refractivity contribution is -0.141. The zero-order valence-electron chi connectivity index (χ0n) is 33.7. The maximum atomic E-state index is 13.2. The van der Waals surface area contributed by atoms with Gasteiger partial charge in [-0.1, -0.05) is 59.6 Å². The number of anilines is 2. The first kappa shape index (κ1) is 43.9. The van der Waals surface area contributed by atoms with Crippen LogP contribution in [-0.2, 0) is 36.9 Å². The molecule has 4 aromatic carbocycles. The molecule has 0 aromatic heterocycles. The number of rotatable bonds is 9. The first-order chi connectivity index (χ1) is 29.4. The molecule has 61 heavy (non-hydrogen) atoms. The fraction of sp³-hybridized carbons (Fsp3) is 0.326. The summed E-state index contributed by atoms with van der Waals surface area (Å²) in [6, 6.07) is 23.9. The van der Waals surface area contributed by atoms with Gasteiger partial charge in [0.25, 0.3) is 0 Å². The molecule has 4 aromatic rings. The van der Waals surface area contributed by atoms with Gasteiger partial charge in [-0.25, -0.2) is 8.78 Å². The monoisotopic (exact) mass is 872 g/mol. The summed E-state index contributed by atoms with van der Waals surface area (Å²) in [6.07, 6.45) is 6.51. The summed E-state index contributed by atoms with van der Waals surface area (Å²) < 4.78 is 37.9. The summed E-state index contributed by atoms with van der Waals surface area (Å²) in [6.45, 7) is 7.40. The van der Waals surface area contributed by atoms with Gasteiger partial charge in [0.15, 0.2) is 0 Å². The van der Waals surface area contributed by atoms with E-state index in [1.807, 2.05) is 21.9 Å². The molecule has 0 spiro atoms. The van der Waals surface area contributed by atoms with Crippen molar-refractivity contribution in [3.8, 4) is 0 Å². The van der Waals surface area contributed by atoms with Crippen molar-refractivity contribution in [2.45, 2.75) is 44.2 Å². The van der Waals surface area contributed by atoms with E-state index >= 15 is 0 Å². The number of carbonyl (C=O) groups excluding carboxylic acids is 3. The van der Waals surface area contributed by atoms with Crippen LogP contribution in [0, 0.1) is 11.6 Å². The molecule has 8 rings (SSSR count). The second-order valence-electron chi connectivity index (χ2n) is 15.6. The van der Waals surface area contributed by atoms with E-state index in [2.05, 4.69) is 15.1 Å². The summed E-state index contributed by atoms with van der Waals surface area (Å²) in [7, 11) is 0. The van der Waals surface area contributed by atoms with Gasteiger partial charge < -0.3 is 30.3 Å². The molecule has 4 atom stereocenters. The summed E-state index contributed by atoms with van der Waals surface area (Å²) in [5.74, 6) is -0.828. The van der Waals surface area contributed by atoms with Crippen molar-refractivity contribution >= 4 is 64.5 Å². The number of nitrogens with zero attached hydrogens (tertiary/aromatic N) is 4. The van der Waals surface area contributed by atoms with E-state index in [-0.39, 0.29) is 53.5 Å². The zero-order valence-corrected chi connectivity index (χ0v) is 35.2. The Kier molecular flexibility index (Phi) is 14.5. The lowest BCUT2D eigenvalue weighted by Gasteiger charge is -2.49. The fourth-order valence-electron chi connectivity index (χ4n) is 8.14. The normalized spacial score (nSPS) is 21.6. The SMILES string of the molecule is CC(=O)Nc1cc(Cl)ccc1/C=C/C(=O)N1CC2COCC(C1)N2Cc1ccc(F)cc1.Nc1cc(Cl)ccc1/C=C/C(=O)N1CC2COCC(C1)N2Cc1ccc(F)cc1. The molecule has 4 unspecified atom stereocenters. The molecular weight excluding hydrogens is 825 g/mol. The highest BCUT2D eigenvalue weighted by atomic mass is 35.5. The summed E-state index contributed by atoms with van der Waals surface area (Å²) in [5.41, 5.74) is 10.6. The molecule has 11 nitrogen and oxygen atoms in total. The molecule has 4 bridgehead atoms. The highest BCUT2D eigenvalue weighted by Gasteiger charge is 2.40. The Hall–Kier alpha value is -5.15. The Morgan fingerprint density at radius 2 is 1.07 bits per heavy atom. The standard InChI is InChI=1S/C24H25ClFN3O3.C22H23ClFN3O2/c1-16(30)27-23-10-19(25)6-4-18(23)5-9-24(31)28-12-21-14-32-15-22(13-28)29(21)11-17-2-7-20(26)8-3-17;23-17-5-3-16(21(25)9-17)4-8-22(28)26-11-19-13-29-14-20(12-26)27(19)10-15-1-6-18(24)7-2-15/h2-10,21-22H,11-15H2,1H3,(H,27,30);1-9,19-20H,10-14,25H2/b9-5+;8-4+. The number of morpholine rings is 2. The van der Waals surface area contributed by atoms with Crippen molar-refractivity contribution in [1.29, 1.82) is 0 Å². The average molecular weight is 874 g/mol. The molecule has 4 heterocycles. The van der Waals surface area contributed by atoms with Crippen molar-refractivity contribution in [2.24, 2.45) is 0 Å². The number of nitrogens with one attached hydrogen (secondary N) is 1. The maximum Gasteiger partial charge on any atom is 0.246 e. The van der Waals surface area contributed by atoms with Crippen LogP contribution in [0.15, 0.2) is 97.1 Å². The lowest BCUT2D eigenvalue weighted by Crippen LogP contribution is -2.64. The fourth-order valence-corrected chi connectivity index (χ4v) is 8.49. The third-order valence-electron chi connectivity index (χ3n) is 11.2. The van der Waals surface area contributed by atoms with Crippen LogP contribution in [0.4, 0.5) is 20.2 Å². The summed E-state index contributed by atoms with van der Waals surface area (Å²) >= 11 is 12.0. The minimum Gasteiger partial charge on any atom is -0.398 e. The number of hydrogen-bond acceptors (Lipinski definition) is 8. The topological polar surface area (TPSA) is 121 Å². The van der Waals surface area contributed by atoms with Gasteiger partial charge in [0, 0.05) is 79.8 Å². The number of fused-ring (bicyclic) bond motifs is 4. The van der Waals surface area contributed by atoms with E-state index in [0.29, 0.717) is 86.1 Å². The van der Waals surface area contributed by atoms with Gasteiger partial charge in [0.2, 0.25) is 17.7 Å². The number of benzene rings is 4.